The first-order valence-corrected chi connectivity index (χ1v) is 7.04. The van der Waals surface area contributed by atoms with Crippen molar-refractivity contribution >= 4 is 5.91 Å². The van der Waals surface area contributed by atoms with Crippen LogP contribution >= 0.6 is 0 Å². The van der Waals surface area contributed by atoms with Crippen molar-refractivity contribution in [3.63, 3.8) is 0 Å². The first-order chi connectivity index (χ1) is 8.75. The molecule has 2 aliphatic rings. The zero-order chi connectivity index (χ0) is 12.5. The maximum Gasteiger partial charge on any atom is 0.225 e. The van der Waals surface area contributed by atoms with Gasteiger partial charge >= 0.3 is 0 Å². The van der Waals surface area contributed by atoms with Crippen LogP contribution in [0.4, 0.5) is 0 Å². The molecule has 0 N–H and O–H groups in total. The third kappa shape index (κ3) is 2.04. The second kappa shape index (κ2) is 4.75. The number of carbonyl (C=O) groups excluding carboxylic acids is 1. The van der Waals surface area contributed by atoms with Gasteiger partial charge in [0.25, 0.3) is 0 Å². The normalized spacial score (nSPS) is 21.9. The molecule has 0 unspecified atom stereocenters. The number of amides is 1. The van der Waals surface area contributed by atoms with Crippen LogP contribution in [0.3, 0.4) is 0 Å². The van der Waals surface area contributed by atoms with Crippen molar-refractivity contribution in [3.05, 3.63) is 18.2 Å². The Morgan fingerprint density at radius 2 is 2.00 bits per heavy atom. The lowest BCUT2D eigenvalue weighted by Crippen LogP contribution is -2.52. The highest BCUT2D eigenvalue weighted by atomic mass is 16.2. The third-order valence-corrected chi connectivity index (χ3v) is 4.38. The van der Waals surface area contributed by atoms with Crippen LogP contribution in [0.1, 0.15) is 44.0 Å². The van der Waals surface area contributed by atoms with Gasteiger partial charge in [-0.05, 0) is 19.8 Å². The molecule has 0 bridgehead atoms. The predicted octanol–water partition coefficient (Wildman–Crippen LogP) is 2.16. The minimum Gasteiger partial charge on any atom is -0.338 e. The molecule has 0 spiro atoms. The lowest BCUT2D eigenvalue weighted by molar-refractivity contribution is -0.142. The van der Waals surface area contributed by atoms with E-state index in [1.807, 2.05) is 24.2 Å². The van der Waals surface area contributed by atoms with Crippen molar-refractivity contribution in [1.29, 1.82) is 0 Å². The maximum absolute atomic E-state index is 12.3. The van der Waals surface area contributed by atoms with Gasteiger partial charge in [-0.15, -0.1) is 0 Å². The number of carbonyl (C=O) groups is 1. The molecule has 1 aromatic heterocycles. The molecule has 3 rings (SSSR count). The number of rotatable bonds is 2. The van der Waals surface area contributed by atoms with Gasteiger partial charge in [0.15, 0.2) is 0 Å². The Labute approximate surface area is 108 Å². The standard InChI is InChI=1S/C14H21N3O/c1-11-15-7-8-17(11)13-9-16(10-13)14(18)12-5-3-2-4-6-12/h7-8,12-13H,2-6,9-10H2,1H3. The molecule has 18 heavy (non-hydrogen) atoms. The second-order valence-electron chi connectivity index (χ2n) is 5.61. The summed E-state index contributed by atoms with van der Waals surface area (Å²) in [6, 6.07) is 0.444. The monoisotopic (exact) mass is 247 g/mol. The summed E-state index contributed by atoms with van der Waals surface area (Å²) in [5.41, 5.74) is 0. The lowest BCUT2D eigenvalue weighted by Gasteiger charge is -2.42. The molecule has 4 nitrogen and oxygen atoms in total. The van der Waals surface area contributed by atoms with Crippen LogP contribution in [0.15, 0.2) is 12.4 Å². The van der Waals surface area contributed by atoms with E-state index in [-0.39, 0.29) is 0 Å². The van der Waals surface area contributed by atoms with Crippen LogP contribution in [0.5, 0.6) is 0 Å². The summed E-state index contributed by atoms with van der Waals surface area (Å²) in [5.74, 6) is 1.75. The molecule has 0 aromatic carbocycles. The molecule has 0 atom stereocenters. The summed E-state index contributed by atoms with van der Waals surface area (Å²) in [5, 5.41) is 0. The van der Waals surface area contributed by atoms with Crippen LogP contribution in [-0.4, -0.2) is 33.4 Å². The van der Waals surface area contributed by atoms with Crippen molar-refractivity contribution in [1.82, 2.24) is 14.5 Å². The number of likely N-dealkylation sites (tertiary alicyclic amines) is 1. The van der Waals surface area contributed by atoms with E-state index in [0.717, 1.165) is 31.8 Å². The topological polar surface area (TPSA) is 38.1 Å². The predicted molar refractivity (Wildman–Crippen MR) is 69.2 cm³/mol. The van der Waals surface area contributed by atoms with E-state index in [4.69, 9.17) is 0 Å². The van der Waals surface area contributed by atoms with E-state index >= 15 is 0 Å². The van der Waals surface area contributed by atoms with Gasteiger partial charge in [-0.3, -0.25) is 4.79 Å². The number of aromatic nitrogens is 2. The van der Waals surface area contributed by atoms with Crippen molar-refractivity contribution in [2.75, 3.05) is 13.1 Å². The number of aryl methyl sites for hydroxylation is 1. The smallest absolute Gasteiger partial charge is 0.225 e. The zero-order valence-electron chi connectivity index (χ0n) is 11.0. The van der Waals surface area contributed by atoms with Gasteiger partial charge in [-0.25, -0.2) is 4.98 Å². The highest BCUT2D eigenvalue weighted by Gasteiger charge is 2.35. The average Bonchev–Trinajstić information content (AvgIpc) is 2.75. The highest BCUT2D eigenvalue weighted by molar-refractivity contribution is 5.79. The summed E-state index contributed by atoms with van der Waals surface area (Å²) in [6.45, 7) is 3.75. The van der Waals surface area contributed by atoms with Crippen molar-refractivity contribution in [2.45, 2.75) is 45.1 Å². The molecule has 1 saturated heterocycles. The van der Waals surface area contributed by atoms with Gasteiger partial charge < -0.3 is 9.47 Å². The fraction of sp³-hybridized carbons (Fsp3) is 0.714. The van der Waals surface area contributed by atoms with Gasteiger partial charge in [-0.2, -0.15) is 0 Å². The SMILES string of the molecule is Cc1nccn1C1CN(C(=O)C2CCCCC2)C1. The Balaban J connectivity index is 1.55. The summed E-state index contributed by atoms with van der Waals surface area (Å²) >= 11 is 0. The summed E-state index contributed by atoms with van der Waals surface area (Å²) < 4.78 is 2.19. The van der Waals surface area contributed by atoms with Gasteiger partial charge in [0.2, 0.25) is 5.91 Å². The molecule has 1 aliphatic heterocycles. The molecular weight excluding hydrogens is 226 g/mol. The quantitative estimate of drug-likeness (QED) is 0.803. The molecular formula is C14H21N3O. The van der Waals surface area contributed by atoms with E-state index in [1.54, 1.807) is 0 Å². The van der Waals surface area contributed by atoms with Crippen LogP contribution < -0.4 is 0 Å². The molecule has 2 fully saturated rings. The number of hydrogen-bond donors (Lipinski definition) is 0. The van der Waals surface area contributed by atoms with E-state index in [0.29, 0.717) is 17.9 Å². The third-order valence-electron chi connectivity index (χ3n) is 4.38. The van der Waals surface area contributed by atoms with Gasteiger partial charge in [-0.1, -0.05) is 19.3 Å². The number of hydrogen-bond acceptors (Lipinski definition) is 2. The first kappa shape index (κ1) is 11.8. The largest absolute Gasteiger partial charge is 0.338 e. The molecule has 2 heterocycles. The Hall–Kier alpha value is -1.32. The maximum atomic E-state index is 12.3. The fourth-order valence-electron chi connectivity index (χ4n) is 3.19. The molecule has 98 valence electrons. The van der Waals surface area contributed by atoms with E-state index < -0.39 is 0 Å². The summed E-state index contributed by atoms with van der Waals surface area (Å²) in [4.78, 5) is 18.5. The van der Waals surface area contributed by atoms with Crippen molar-refractivity contribution in [2.24, 2.45) is 5.92 Å². The van der Waals surface area contributed by atoms with Gasteiger partial charge in [0, 0.05) is 31.4 Å². The molecule has 0 radical (unpaired) electrons. The summed E-state index contributed by atoms with van der Waals surface area (Å²) in [7, 11) is 0. The Morgan fingerprint density at radius 1 is 1.28 bits per heavy atom. The van der Waals surface area contributed by atoms with Crippen molar-refractivity contribution < 1.29 is 4.79 Å². The first-order valence-electron chi connectivity index (χ1n) is 7.04. The molecule has 1 amide bonds. The molecule has 1 aliphatic carbocycles. The molecule has 1 saturated carbocycles. The fourth-order valence-corrected chi connectivity index (χ4v) is 3.19. The van der Waals surface area contributed by atoms with Gasteiger partial charge in [0.1, 0.15) is 5.82 Å². The second-order valence-corrected chi connectivity index (χ2v) is 5.61. The number of imidazole rings is 1. The lowest BCUT2D eigenvalue weighted by atomic mass is 9.87. The van der Waals surface area contributed by atoms with E-state index in [2.05, 4.69) is 9.55 Å². The average molecular weight is 247 g/mol. The van der Waals surface area contributed by atoms with E-state index in [1.165, 1.54) is 19.3 Å². The van der Waals surface area contributed by atoms with Crippen molar-refractivity contribution in [3.8, 4) is 0 Å². The summed E-state index contributed by atoms with van der Waals surface area (Å²) in [6.07, 6.45) is 9.82. The van der Waals surface area contributed by atoms with Gasteiger partial charge in [0.05, 0.1) is 6.04 Å². The zero-order valence-corrected chi connectivity index (χ0v) is 11.0. The number of nitrogens with zero attached hydrogens (tertiary/aromatic N) is 3. The van der Waals surface area contributed by atoms with Crippen LogP contribution in [0.2, 0.25) is 0 Å². The Kier molecular flexibility index (Phi) is 3.10. The molecule has 4 heteroatoms. The van der Waals surface area contributed by atoms with Crippen LogP contribution in [0, 0.1) is 12.8 Å². The minimum atomic E-state index is 0.309. The van der Waals surface area contributed by atoms with Crippen LogP contribution in [0.25, 0.3) is 0 Å². The Bertz CT molecular complexity index is 428. The highest BCUT2D eigenvalue weighted by Crippen LogP contribution is 2.30. The van der Waals surface area contributed by atoms with E-state index in [9.17, 15) is 4.79 Å². The molecule has 1 aromatic rings. The Morgan fingerprint density at radius 3 is 2.61 bits per heavy atom. The minimum absolute atomic E-state index is 0.309. The van der Waals surface area contributed by atoms with Crippen LogP contribution in [-0.2, 0) is 4.79 Å².